The number of nitrogens with zero attached hydrogens (tertiary/aromatic N) is 3. The van der Waals surface area contributed by atoms with Crippen LogP contribution in [-0.4, -0.2) is 32.3 Å². The predicted octanol–water partition coefficient (Wildman–Crippen LogP) is 5.95. The Labute approximate surface area is 216 Å². The molecule has 11 heteroatoms. The molecular formula is C23H22Cl3N5O2S. The summed E-state index contributed by atoms with van der Waals surface area (Å²) in [5.41, 5.74) is 1.87. The molecule has 0 saturated carbocycles. The lowest BCUT2D eigenvalue weighted by atomic mass is 10.2. The number of nitrogens with one attached hydrogen (secondary N) is 2. The van der Waals surface area contributed by atoms with E-state index in [0.29, 0.717) is 38.8 Å². The van der Waals surface area contributed by atoms with Gasteiger partial charge >= 0.3 is 0 Å². The number of carbonyl (C=O) groups excluding carboxylic acids is 2. The van der Waals surface area contributed by atoms with Crippen molar-refractivity contribution in [1.82, 2.24) is 20.1 Å². The Bertz CT molecular complexity index is 1230. The van der Waals surface area contributed by atoms with E-state index in [0.717, 1.165) is 5.56 Å². The van der Waals surface area contributed by atoms with Gasteiger partial charge in [-0.05, 0) is 55.8 Å². The minimum absolute atomic E-state index is 0.123. The van der Waals surface area contributed by atoms with E-state index in [1.165, 1.54) is 17.8 Å². The van der Waals surface area contributed by atoms with Gasteiger partial charge in [-0.1, -0.05) is 52.6 Å². The van der Waals surface area contributed by atoms with E-state index in [4.69, 9.17) is 34.8 Å². The molecule has 0 unspecified atom stereocenters. The number of rotatable bonds is 9. The highest BCUT2D eigenvalue weighted by atomic mass is 35.5. The number of aromatic nitrogens is 3. The molecule has 2 amide bonds. The molecule has 3 aromatic rings. The summed E-state index contributed by atoms with van der Waals surface area (Å²) >= 11 is 19.3. The molecule has 1 atom stereocenters. The Morgan fingerprint density at radius 3 is 2.53 bits per heavy atom. The molecule has 0 saturated heterocycles. The van der Waals surface area contributed by atoms with Gasteiger partial charge in [-0.15, -0.1) is 16.8 Å². The smallest absolute Gasteiger partial charge is 0.253 e. The molecule has 2 N–H and O–H groups in total. The van der Waals surface area contributed by atoms with Crippen molar-refractivity contribution in [3.8, 4) is 0 Å². The van der Waals surface area contributed by atoms with Crippen molar-refractivity contribution in [2.45, 2.75) is 31.6 Å². The fourth-order valence-corrected chi connectivity index (χ4v) is 4.60. The molecule has 178 valence electrons. The molecule has 0 bridgehead atoms. The van der Waals surface area contributed by atoms with Crippen LogP contribution in [0.3, 0.4) is 0 Å². The van der Waals surface area contributed by atoms with Crippen LogP contribution in [0.15, 0.2) is 54.2 Å². The third kappa shape index (κ3) is 6.54. The van der Waals surface area contributed by atoms with Crippen molar-refractivity contribution in [2.24, 2.45) is 0 Å². The molecule has 3 rings (SSSR count). The number of hydrogen-bond acceptors (Lipinski definition) is 5. The summed E-state index contributed by atoms with van der Waals surface area (Å²) < 4.78 is 1.80. The molecule has 0 aliphatic heterocycles. The molecule has 2 aromatic carbocycles. The first-order valence-electron chi connectivity index (χ1n) is 10.2. The van der Waals surface area contributed by atoms with Gasteiger partial charge in [-0.3, -0.25) is 9.59 Å². The summed E-state index contributed by atoms with van der Waals surface area (Å²) in [6.45, 7) is 7.84. The van der Waals surface area contributed by atoms with Crippen LogP contribution in [0.25, 0.3) is 0 Å². The van der Waals surface area contributed by atoms with Crippen molar-refractivity contribution in [1.29, 1.82) is 0 Å². The average Bonchev–Trinajstić information content (AvgIpc) is 3.17. The van der Waals surface area contributed by atoms with Gasteiger partial charge < -0.3 is 15.2 Å². The van der Waals surface area contributed by atoms with Gasteiger partial charge in [0, 0.05) is 22.3 Å². The molecule has 1 aromatic heterocycles. The summed E-state index contributed by atoms with van der Waals surface area (Å²) in [4.78, 5) is 25.2. The first kappa shape index (κ1) is 26.1. The van der Waals surface area contributed by atoms with Gasteiger partial charge in [0.1, 0.15) is 0 Å². The van der Waals surface area contributed by atoms with Crippen molar-refractivity contribution < 1.29 is 9.59 Å². The Morgan fingerprint density at radius 1 is 1.15 bits per heavy atom. The number of amides is 2. The highest BCUT2D eigenvalue weighted by Gasteiger charge is 2.21. The van der Waals surface area contributed by atoms with Crippen molar-refractivity contribution >= 4 is 64.1 Å². The number of hydrogen-bond donors (Lipinski definition) is 2. The Kier molecular flexibility index (Phi) is 9.02. The van der Waals surface area contributed by atoms with Crippen LogP contribution in [-0.2, 0) is 11.3 Å². The SMILES string of the molecule is C=CCn1c(SCC(=O)Nc2ccc(Cl)cc2C)nnc1[C@H](C)NC(=O)c1ccc(Cl)cc1Cl. The van der Waals surface area contributed by atoms with Crippen molar-refractivity contribution in [3.63, 3.8) is 0 Å². The molecule has 0 fully saturated rings. The van der Waals surface area contributed by atoms with Crippen molar-refractivity contribution in [3.05, 3.63) is 81.1 Å². The van der Waals surface area contributed by atoms with Crippen LogP contribution in [0, 0.1) is 6.92 Å². The number of aryl methyl sites for hydroxylation is 1. The van der Waals surface area contributed by atoms with Gasteiger partial charge in [-0.25, -0.2) is 0 Å². The normalized spacial score (nSPS) is 11.7. The van der Waals surface area contributed by atoms with Crippen LogP contribution in [0.2, 0.25) is 15.1 Å². The fraction of sp³-hybridized carbons (Fsp3) is 0.217. The fourth-order valence-electron chi connectivity index (χ4n) is 3.12. The zero-order valence-electron chi connectivity index (χ0n) is 18.4. The third-order valence-corrected chi connectivity index (χ3v) is 6.51. The molecule has 0 aliphatic rings. The summed E-state index contributed by atoms with van der Waals surface area (Å²) in [7, 11) is 0. The molecule has 34 heavy (non-hydrogen) atoms. The summed E-state index contributed by atoms with van der Waals surface area (Å²) in [6, 6.07) is 9.44. The van der Waals surface area contributed by atoms with Crippen LogP contribution in [0.4, 0.5) is 5.69 Å². The maximum atomic E-state index is 12.7. The number of halogens is 3. The summed E-state index contributed by atoms with van der Waals surface area (Å²) in [6.07, 6.45) is 1.69. The molecule has 0 spiro atoms. The zero-order chi connectivity index (χ0) is 24.8. The number of benzene rings is 2. The Hall–Kier alpha value is -2.52. The van der Waals surface area contributed by atoms with Crippen LogP contribution in [0.1, 0.15) is 34.7 Å². The maximum absolute atomic E-state index is 12.7. The topological polar surface area (TPSA) is 88.9 Å². The standard InChI is InChI=1S/C23H22Cl3N5O2S/c1-4-9-31-21(14(3)27-22(33)17-7-5-16(25)11-18(17)26)29-30-23(31)34-12-20(32)28-19-8-6-15(24)10-13(19)2/h4-8,10-11,14H,1,9,12H2,2-3H3,(H,27,33)(H,28,32)/t14-/m0/s1. The van der Waals surface area contributed by atoms with Crippen LogP contribution in [0.5, 0.6) is 0 Å². The second-order valence-corrected chi connectivity index (χ2v) is 9.58. The van der Waals surface area contributed by atoms with E-state index in [9.17, 15) is 9.59 Å². The number of carbonyl (C=O) groups is 2. The van der Waals surface area contributed by atoms with E-state index in [2.05, 4.69) is 27.4 Å². The van der Waals surface area contributed by atoms with Gasteiger partial charge in [0.05, 0.1) is 22.4 Å². The summed E-state index contributed by atoms with van der Waals surface area (Å²) in [5.74, 6) is 0.0891. The van der Waals surface area contributed by atoms with E-state index >= 15 is 0 Å². The lowest BCUT2D eigenvalue weighted by molar-refractivity contribution is -0.113. The van der Waals surface area contributed by atoms with Gasteiger partial charge in [-0.2, -0.15) is 0 Å². The third-order valence-electron chi connectivity index (χ3n) is 4.76. The zero-order valence-corrected chi connectivity index (χ0v) is 21.5. The molecular weight excluding hydrogens is 517 g/mol. The largest absolute Gasteiger partial charge is 0.342 e. The van der Waals surface area contributed by atoms with E-state index in [1.54, 1.807) is 47.9 Å². The summed E-state index contributed by atoms with van der Waals surface area (Å²) in [5, 5.41) is 16.0. The molecule has 1 heterocycles. The minimum Gasteiger partial charge on any atom is -0.342 e. The van der Waals surface area contributed by atoms with Gasteiger partial charge in [0.25, 0.3) is 5.91 Å². The molecule has 0 radical (unpaired) electrons. The molecule has 7 nitrogen and oxygen atoms in total. The van der Waals surface area contributed by atoms with Gasteiger partial charge in [0.2, 0.25) is 5.91 Å². The number of thioether (sulfide) groups is 1. The van der Waals surface area contributed by atoms with Crippen LogP contribution < -0.4 is 10.6 Å². The van der Waals surface area contributed by atoms with Crippen molar-refractivity contribution in [2.75, 3.05) is 11.1 Å². The quantitative estimate of drug-likeness (QED) is 0.259. The monoisotopic (exact) mass is 537 g/mol. The maximum Gasteiger partial charge on any atom is 0.253 e. The molecule has 0 aliphatic carbocycles. The van der Waals surface area contributed by atoms with E-state index < -0.39 is 6.04 Å². The number of allylic oxidation sites excluding steroid dienone is 1. The highest BCUT2D eigenvalue weighted by Crippen LogP contribution is 2.25. The van der Waals surface area contributed by atoms with E-state index in [-0.39, 0.29) is 22.6 Å². The number of anilines is 1. The first-order valence-corrected chi connectivity index (χ1v) is 12.3. The minimum atomic E-state index is -0.480. The Morgan fingerprint density at radius 2 is 1.85 bits per heavy atom. The Balaban J connectivity index is 1.68. The lowest BCUT2D eigenvalue weighted by Crippen LogP contribution is -2.29. The van der Waals surface area contributed by atoms with Crippen LogP contribution >= 0.6 is 46.6 Å². The first-order chi connectivity index (χ1) is 16.2. The van der Waals surface area contributed by atoms with Gasteiger partial charge in [0.15, 0.2) is 11.0 Å². The highest BCUT2D eigenvalue weighted by molar-refractivity contribution is 7.99. The van der Waals surface area contributed by atoms with E-state index in [1.807, 2.05) is 6.92 Å². The lowest BCUT2D eigenvalue weighted by Gasteiger charge is -2.16. The predicted molar refractivity (Wildman–Crippen MR) is 138 cm³/mol. The second-order valence-electron chi connectivity index (χ2n) is 7.36. The average molecular weight is 539 g/mol. The second kappa shape index (κ2) is 11.8.